The van der Waals surface area contributed by atoms with Crippen molar-refractivity contribution in [2.45, 2.75) is 6.54 Å². The van der Waals surface area contributed by atoms with Crippen LogP contribution in [0.2, 0.25) is 0 Å². The number of nitrogens with one attached hydrogen (secondary N) is 1. The molecule has 1 aliphatic heterocycles. The molecule has 31 heavy (non-hydrogen) atoms. The average Bonchev–Trinajstić information content (AvgIpc) is 3.18. The van der Waals surface area contributed by atoms with Crippen LogP contribution < -0.4 is 16.3 Å². The topological polar surface area (TPSA) is 126 Å². The van der Waals surface area contributed by atoms with Crippen molar-refractivity contribution in [1.29, 1.82) is 0 Å². The van der Waals surface area contributed by atoms with Gasteiger partial charge in [0.1, 0.15) is 0 Å². The molecule has 5 rings (SSSR count). The number of hydrazone groups is 1. The van der Waals surface area contributed by atoms with Crippen LogP contribution in [0.5, 0.6) is 0 Å². The lowest BCUT2D eigenvalue weighted by molar-refractivity contribution is 0.0697. The Morgan fingerprint density at radius 2 is 1.77 bits per heavy atom. The Kier molecular flexibility index (Phi) is 4.07. The van der Waals surface area contributed by atoms with E-state index in [-0.39, 0.29) is 23.3 Å². The van der Waals surface area contributed by atoms with E-state index in [2.05, 4.69) is 9.97 Å². The summed E-state index contributed by atoms with van der Waals surface area (Å²) in [6, 6.07) is 15.7. The first-order chi connectivity index (χ1) is 14.9. The third-order valence-electron chi connectivity index (χ3n) is 5.17. The number of anilines is 2. The molecule has 2 N–H and O–H groups in total. The number of hydrogen-bond donors (Lipinski definition) is 2. The SMILES string of the molecule is Cn1c(=O)[nH]c(=O)c2c1nc1n2CC(c2ccccc2)=NN1c1ccc(C(=O)O)cc1. The summed E-state index contributed by atoms with van der Waals surface area (Å²) in [5, 5.41) is 15.5. The summed E-state index contributed by atoms with van der Waals surface area (Å²) in [6.07, 6.45) is 0. The Bertz CT molecular complexity index is 1480. The van der Waals surface area contributed by atoms with Gasteiger partial charge in [-0.15, -0.1) is 0 Å². The Morgan fingerprint density at radius 1 is 1.06 bits per heavy atom. The number of benzene rings is 2. The van der Waals surface area contributed by atoms with E-state index in [0.29, 0.717) is 17.3 Å². The monoisotopic (exact) mass is 416 g/mol. The van der Waals surface area contributed by atoms with E-state index in [1.54, 1.807) is 21.7 Å². The van der Waals surface area contributed by atoms with Gasteiger partial charge in [-0.1, -0.05) is 30.3 Å². The number of aromatic carboxylic acids is 1. The Balaban J connectivity index is 1.77. The molecule has 0 unspecified atom stereocenters. The second-order valence-corrected chi connectivity index (χ2v) is 7.07. The first-order valence-corrected chi connectivity index (χ1v) is 9.40. The normalized spacial score (nSPS) is 13.2. The van der Waals surface area contributed by atoms with Crippen molar-refractivity contribution in [2.75, 3.05) is 5.01 Å². The van der Waals surface area contributed by atoms with E-state index in [0.717, 1.165) is 5.56 Å². The smallest absolute Gasteiger partial charge is 0.335 e. The highest BCUT2D eigenvalue weighted by molar-refractivity contribution is 6.03. The summed E-state index contributed by atoms with van der Waals surface area (Å²) in [6.45, 7) is 0.279. The second-order valence-electron chi connectivity index (χ2n) is 7.07. The number of fused-ring (bicyclic) bond motifs is 3. The number of aromatic nitrogens is 4. The Hall–Kier alpha value is -4.47. The van der Waals surface area contributed by atoms with Gasteiger partial charge in [-0.05, 0) is 29.8 Å². The molecule has 0 aliphatic carbocycles. The lowest BCUT2D eigenvalue weighted by Gasteiger charge is -2.26. The third kappa shape index (κ3) is 2.92. The van der Waals surface area contributed by atoms with E-state index < -0.39 is 17.2 Å². The number of H-pyrrole nitrogens is 1. The highest BCUT2D eigenvalue weighted by atomic mass is 16.4. The first kappa shape index (κ1) is 18.6. The zero-order valence-corrected chi connectivity index (χ0v) is 16.3. The van der Waals surface area contributed by atoms with Gasteiger partial charge in [-0.2, -0.15) is 15.1 Å². The van der Waals surface area contributed by atoms with Crippen molar-refractivity contribution in [3.63, 3.8) is 0 Å². The molecule has 0 atom stereocenters. The van der Waals surface area contributed by atoms with Gasteiger partial charge in [0.05, 0.1) is 23.5 Å². The molecule has 2 aromatic carbocycles. The molecule has 0 bridgehead atoms. The average molecular weight is 416 g/mol. The van der Waals surface area contributed by atoms with Crippen molar-refractivity contribution < 1.29 is 9.90 Å². The van der Waals surface area contributed by atoms with Crippen LogP contribution in [0.4, 0.5) is 11.6 Å². The molecule has 0 saturated carbocycles. The van der Waals surface area contributed by atoms with E-state index in [9.17, 15) is 19.5 Å². The molecule has 3 heterocycles. The van der Waals surface area contributed by atoms with Crippen LogP contribution in [-0.4, -0.2) is 35.9 Å². The molecule has 4 aromatic rings. The Labute approximate surface area is 174 Å². The number of aryl methyl sites for hydroxylation is 1. The molecule has 0 fully saturated rings. The summed E-state index contributed by atoms with van der Waals surface area (Å²) in [7, 11) is 1.53. The van der Waals surface area contributed by atoms with Crippen molar-refractivity contribution in [2.24, 2.45) is 12.1 Å². The standard InChI is InChI=1S/C21H16N6O4/c1-25-17-16(18(28)23-21(25)31)26-11-15(12-5-3-2-4-6-12)24-27(20(26)22-17)14-9-7-13(8-10-14)19(29)30/h2-10H,11H2,1H3,(H,29,30)(H,23,28,31). The fourth-order valence-corrected chi connectivity index (χ4v) is 3.58. The number of aromatic amines is 1. The molecular formula is C21H16N6O4. The molecule has 10 heteroatoms. The van der Waals surface area contributed by atoms with Crippen LogP contribution in [0.15, 0.2) is 69.3 Å². The van der Waals surface area contributed by atoms with Crippen LogP contribution in [-0.2, 0) is 13.6 Å². The van der Waals surface area contributed by atoms with Gasteiger partial charge in [-0.25, -0.2) is 9.59 Å². The molecule has 10 nitrogen and oxygen atoms in total. The summed E-state index contributed by atoms with van der Waals surface area (Å²) >= 11 is 0. The van der Waals surface area contributed by atoms with Crippen molar-refractivity contribution in [1.82, 2.24) is 19.1 Å². The van der Waals surface area contributed by atoms with Gasteiger partial charge in [0.25, 0.3) is 5.56 Å². The summed E-state index contributed by atoms with van der Waals surface area (Å²) in [4.78, 5) is 42.8. The minimum absolute atomic E-state index is 0.139. The summed E-state index contributed by atoms with van der Waals surface area (Å²) < 4.78 is 2.98. The van der Waals surface area contributed by atoms with Gasteiger partial charge in [0.15, 0.2) is 11.2 Å². The number of carbonyl (C=O) groups is 1. The van der Waals surface area contributed by atoms with Gasteiger partial charge in [0.2, 0.25) is 5.95 Å². The van der Waals surface area contributed by atoms with Crippen molar-refractivity contribution in [3.05, 3.63) is 86.6 Å². The van der Waals surface area contributed by atoms with Gasteiger partial charge in [0, 0.05) is 7.05 Å². The number of nitrogens with zero attached hydrogens (tertiary/aromatic N) is 5. The summed E-state index contributed by atoms with van der Waals surface area (Å²) in [5.74, 6) is -0.683. The Morgan fingerprint density at radius 3 is 2.45 bits per heavy atom. The maximum atomic E-state index is 12.6. The van der Waals surface area contributed by atoms with Crippen LogP contribution >= 0.6 is 0 Å². The molecule has 0 amide bonds. The minimum atomic E-state index is -1.03. The third-order valence-corrected chi connectivity index (χ3v) is 5.17. The minimum Gasteiger partial charge on any atom is -0.478 e. The zero-order valence-electron chi connectivity index (χ0n) is 16.3. The largest absolute Gasteiger partial charge is 0.478 e. The van der Waals surface area contributed by atoms with Gasteiger partial charge in [-0.3, -0.25) is 18.9 Å². The second kappa shape index (κ2) is 6.80. The predicted molar refractivity (Wildman–Crippen MR) is 114 cm³/mol. The number of rotatable bonds is 3. The van der Waals surface area contributed by atoms with Gasteiger partial charge < -0.3 is 5.11 Å². The molecule has 0 radical (unpaired) electrons. The molecular weight excluding hydrogens is 400 g/mol. The molecule has 2 aromatic heterocycles. The highest BCUT2D eigenvalue weighted by Gasteiger charge is 2.28. The van der Waals surface area contributed by atoms with Crippen LogP contribution in [0, 0.1) is 0 Å². The highest BCUT2D eigenvalue weighted by Crippen LogP contribution is 2.31. The quantitative estimate of drug-likeness (QED) is 0.523. The number of hydrogen-bond acceptors (Lipinski definition) is 6. The van der Waals surface area contributed by atoms with E-state index >= 15 is 0 Å². The number of carboxylic acids is 1. The lowest BCUT2D eigenvalue weighted by atomic mass is 10.1. The molecule has 1 aliphatic rings. The molecule has 0 spiro atoms. The van der Waals surface area contributed by atoms with Gasteiger partial charge >= 0.3 is 11.7 Å². The zero-order chi connectivity index (χ0) is 21.7. The predicted octanol–water partition coefficient (Wildman–Crippen LogP) is 1.68. The van der Waals surface area contributed by atoms with Crippen molar-refractivity contribution in [3.8, 4) is 0 Å². The maximum absolute atomic E-state index is 12.6. The van der Waals surface area contributed by atoms with Crippen LogP contribution in [0.25, 0.3) is 11.2 Å². The first-order valence-electron chi connectivity index (χ1n) is 9.40. The summed E-state index contributed by atoms with van der Waals surface area (Å²) in [5.41, 5.74) is 1.65. The lowest BCUT2D eigenvalue weighted by Crippen LogP contribution is -2.31. The van der Waals surface area contributed by atoms with Crippen LogP contribution in [0.3, 0.4) is 0 Å². The van der Waals surface area contributed by atoms with E-state index in [1.165, 1.54) is 23.7 Å². The van der Waals surface area contributed by atoms with Crippen molar-refractivity contribution >= 4 is 34.5 Å². The van der Waals surface area contributed by atoms with E-state index in [1.807, 2.05) is 30.3 Å². The fourth-order valence-electron chi connectivity index (χ4n) is 3.58. The number of imidazole rings is 1. The maximum Gasteiger partial charge on any atom is 0.335 e. The molecule has 0 saturated heterocycles. The number of carboxylic acid groups (broad SMARTS) is 1. The van der Waals surface area contributed by atoms with Crippen LogP contribution in [0.1, 0.15) is 15.9 Å². The fraction of sp³-hybridized carbons (Fsp3) is 0.0952. The van der Waals surface area contributed by atoms with E-state index in [4.69, 9.17) is 5.10 Å². The molecule has 154 valence electrons.